The molecule has 29 heavy (non-hydrogen) atoms. The van der Waals surface area contributed by atoms with Gasteiger partial charge < -0.3 is 10.1 Å². The maximum atomic E-state index is 12.4. The molecule has 146 valence electrons. The Morgan fingerprint density at radius 2 is 2.00 bits per heavy atom. The van der Waals surface area contributed by atoms with Crippen LogP contribution < -0.4 is 5.56 Å². The van der Waals surface area contributed by atoms with E-state index in [9.17, 15) is 9.90 Å². The van der Waals surface area contributed by atoms with Gasteiger partial charge in [0.15, 0.2) is 0 Å². The van der Waals surface area contributed by atoms with E-state index >= 15 is 0 Å². The number of aliphatic hydroxyl groups excluding tert-OH is 1. The Morgan fingerprint density at radius 1 is 1.14 bits per heavy atom. The van der Waals surface area contributed by atoms with Crippen molar-refractivity contribution in [3.8, 4) is 22.5 Å². The van der Waals surface area contributed by atoms with Crippen LogP contribution in [0.1, 0.15) is 12.0 Å². The third-order valence-electron chi connectivity index (χ3n) is 5.41. The van der Waals surface area contributed by atoms with Crippen molar-refractivity contribution in [3.05, 3.63) is 70.8 Å². The molecule has 1 fully saturated rings. The average Bonchev–Trinajstić information content (AvgIpc) is 3.34. The Labute approximate surface area is 167 Å². The van der Waals surface area contributed by atoms with Crippen molar-refractivity contribution in [1.29, 1.82) is 0 Å². The number of β-amino-alcohol motifs (C(OH)–C–C–N with tert-alkyl or cyclic N) is 1. The fourth-order valence-electron chi connectivity index (χ4n) is 3.92. The number of fused-ring (bicyclic) bond motifs is 1. The maximum absolute atomic E-state index is 12.4. The minimum absolute atomic E-state index is 0.217. The minimum Gasteiger partial charge on any atom is -0.392 e. The summed E-state index contributed by atoms with van der Waals surface area (Å²) in [5, 5.41) is 17.5. The van der Waals surface area contributed by atoms with Crippen molar-refractivity contribution < 1.29 is 5.11 Å². The van der Waals surface area contributed by atoms with Crippen LogP contribution in [0, 0.1) is 0 Å². The fourth-order valence-corrected chi connectivity index (χ4v) is 3.92. The van der Waals surface area contributed by atoms with Gasteiger partial charge in [-0.25, -0.2) is 5.10 Å². The molecule has 1 unspecified atom stereocenters. The third-order valence-corrected chi connectivity index (χ3v) is 5.41. The van der Waals surface area contributed by atoms with Gasteiger partial charge in [0.2, 0.25) is 0 Å². The van der Waals surface area contributed by atoms with Crippen molar-refractivity contribution >= 4 is 10.9 Å². The second-order valence-electron chi connectivity index (χ2n) is 7.51. The first-order chi connectivity index (χ1) is 14.2. The first-order valence-corrected chi connectivity index (χ1v) is 9.68. The zero-order valence-electron chi connectivity index (χ0n) is 15.8. The van der Waals surface area contributed by atoms with Crippen molar-refractivity contribution in [1.82, 2.24) is 25.1 Å². The standard InChI is InChI=1S/C22H21N5O2/c28-17-5-8-27(13-17)12-14-1-2-19-16(9-14)10-21(24-19)18-11-20(25-26-22(18)29)15-3-6-23-7-4-15/h1-4,6-7,9-11,17,24,28H,5,8,12-13H2,(H,26,29). The van der Waals surface area contributed by atoms with Crippen LogP contribution in [0.2, 0.25) is 0 Å². The van der Waals surface area contributed by atoms with Gasteiger partial charge in [-0.3, -0.25) is 14.7 Å². The molecular weight excluding hydrogens is 366 g/mol. The highest BCUT2D eigenvalue weighted by atomic mass is 16.3. The summed E-state index contributed by atoms with van der Waals surface area (Å²) in [5.41, 5.74) is 4.82. The van der Waals surface area contributed by atoms with Gasteiger partial charge in [0.05, 0.1) is 23.1 Å². The molecule has 1 aliphatic rings. The van der Waals surface area contributed by atoms with E-state index in [1.54, 1.807) is 18.5 Å². The number of aromatic nitrogens is 4. The van der Waals surface area contributed by atoms with Crippen LogP contribution >= 0.6 is 0 Å². The molecule has 5 rings (SSSR count). The van der Waals surface area contributed by atoms with Crippen molar-refractivity contribution in [2.45, 2.75) is 19.1 Å². The zero-order valence-corrected chi connectivity index (χ0v) is 15.8. The first-order valence-electron chi connectivity index (χ1n) is 9.68. The van der Waals surface area contributed by atoms with Crippen molar-refractivity contribution in [2.75, 3.05) is 13.1 Å². The molecule has 1 aliphatic heterocycles. The Balaban J connectivity index is 1.48. The van der Waals surface area contributed by atoms with Crippen LogP contribution in [-0.4, -0.2) is 49.4 Å². The molecule has 0 aliphatic carbocycles. The summed E-state index contributed by atoms with van der Waals surface area (Å²) in [5.74, 6) is 0. The summed E-state index contributed by atoms with van der Waals surface area (Å²) < 4.78 is 0. The molecule has 1 atom stereocenters. The van der Waals surface area contributed by atoms with E-state index in [-0.39, 0.29) is 11.7 Å². The largest absolute Gasteiger partial charge is 0.392 e. The van der Waals surface area contributed by atoms with E-state index in [4.69, 9.17) is 0 Å². The lowest BCUT2D eigenvalue weighted by Gasteiger charge is -2.14. The van der Waals surface area contributed by atoms with Crippen LogP contribution in [0.4, 0.5) is 0 Å². The highest BCUT2D eigenvalue weighted by Crippen LogP contribution is 2.26. The fraction of sp³-hybridized carbons (Fsp3) is 0.227. The molecule has 0 spiro atoms. The van der Waals surface area contributed by atoms with Gasteiger partial charge in [0.1, 0.15) is 0 Å². The smallest absolute Gasteiger partial charge is 0.273 e. The second-order valence-corrected chi connectivity index (χ2v) is 7.51. The number of aliphatic hydroxyl groups is 1. The number of nitrogens with one attached hydrogen (secondary N) is 2. The lowest BCUT2D eigenvalue weighted by atomic mass is 10.1. The number of pyridine rings is 1. The number of nitrogens with zero attached hydrogens (tertiary/aromatic N) is 3. The zero-order chi connectivity index (χ0) is 19.8. The van der Waals surface area contributed by atoms with E-state index in [2.05, 4.69) is 37.2 Å². The van der Waals surface area contributed by atoms with Crippen molar-refractivity contribution in [3.63, 3.8) is 0 Å². The number of hydrogen-bond donors (Lipinski definition) is 3. The number of rotatable bonds is 4. The molecule has 0 radical (unpaired) electrons. The molecule has 1 saturated heterocycles. The quantitative estimate of drug-likeness (QED) is 0.500. The minimum atomic E-state index is -0.236. The van der Waals surface area contributed by atoms with Gasteiger partial charge in [-0.1, -0.05) is 6.07 Å². The van der Waals surface area contributed by atoms with Gasteiger partial charge >= 0.3 is 0 Å². The summed E-state index contributed by atoms with van der Waals surface area (Å²) in [7, 11) is 0. The normalized spacial score (nSPS) is 17.2. The molecule has 0 bridgehead atoms. The molecule has 3 N–H and O–H groups in total. The Hall–Kier alpha value is -3.29. The van der Waals surface area contributed by atoms with Crippen LogP contribution in [0.5, 0.6) is 0 Å². The first kappa shape index (κ1) is 17.8. The van der Waals surface area contributed by atoms with Crippen LogP contribution in [-0.2, 0) is 6.54 Å². The number of aromatic amines is 2. The van der Waals surface area contributed by atoms with E-state index in [1.165, 1.54) is 5.56 Å². The summed E-state index contributed by atoms with van der Waals surface area (Å²) in [6.45, 7) is 2.46. The lowest BCUT2D eigenvalue weighted by Crippen LogP contribution is -2.21. The number of benzene rings is 1. The van der Waals surface area contributed by atoms with Crippen LogP contribution in [0.25, 0.3) is 33.4 Å². The van der Waals surface area contributed by atoms with Gasteiger partial charge in [-0.15, -0.1) is 0 Å². The Bertz CT molecular complexity index is 1210. The molecule has 0 amide bonds. The molecule has 4 aromatic rings. The Kier molecular flexibility index (Phi) is 4.46. The van der Waals surface area contributed by atoms with Crippen LogP contribution in [0.15, 0.2) is 59.7 Å². The molecular formula is C22H21N5O2. The number of likely N-dealkylation sites (tertiary alicyclic amines) is 1. The van der Waals surface area contributed by atoms with E-state index in [0.717, 1.165) is 48.2 Å². The third kappa shape index (κ3) is 3.57. The van der Waals surface area contributed by atoms with Gasteiger partial charge in [-0.2, -0.15) is 5.10 Å². The molecule has 7 heteroatoms. The molecule has 1 aromatic carbocycles. The molecule has 0 saturated carbocycles. The topological polar surface area (TPSA) is 97.9 Å². The lowest BCUT2D eigenvalue weighted by molar-refractivity contribution is 0.175. The summed E-state index contributed by atoms with van der Waals surface area (Å²) in [4.78, 5) is 22.1. The van der Waals surface area contributed by atoms with E-state index < -0.39 is 0 Å². The monoisotopic (exact) mass is 387 g/mol. The maximum Gasteiger partial charge on any atom is 0.273 e. The highest BCUT2D eigenvalue weighted by molar-refractivity contribution is 5.86. The molecule has 4 heterocycles. The van der Waals surface area contributed by atoms with E-state index in [0.29, 0.717) is 11.3 Å². The summed E-state index contributed by atoms with van der Waals surface area (Å²) in [6, 6.07) is 13.8. The molecule has 3 aromatic heterocycles. The summed E-state index contributed by atoms with van der Waals surface area (Å²) >= 11 is 0. The highest BCUT2D eigenvalue weighted by Gasteiger charge is 2.20. The van der Waals surface area contributed by atoms with Gasteiger partial charge in [0, 0.05) is 48.5 Å². The van der Waals surface area contributed by atoms with Crippen molar-refractivity contribution in [2.24, 2.45) is 0 Å². The van der Waals surface area contributed by atoms with Gasteiger partial charge in [0.25, 0.3) is 5.56 Å². The predicted molar refractivity (Wildman–Crippen MR) is 111 cm³/mol. The second kappa shape index (κ2) is 7.27. The van der Waals surface area contributed by atoms with Crippen LogP contribution in [0.3, 0.4) is 0 Å². The number of H-pyrrole nitrogens is 2. The summed E-state index contributed by atoms with van der Waals surface area (Å²) in [6.07, 6.45) is 4.02. The molecule has 7 nitrogen and oxygen atoms in total. The van der Waals surface area contributed by atoms with Gasteiger partial charge in [-0.05, 0) is 48.4 Å². The Morgan fingerprint density at radius 3 is 2.79 bits per heavy atom. The average molecular weight is 387 g/mol. The SMILES string of the molecule is O=c1[nH]nc(-c2ccncc2)cc1-c1cc2cc(CN3CCC(O)C3)ccc2[nH]1. The number of hydrogen-bond acceptors (Lipinski definition) is 5. The predicted octanol–water partition coefficient (Wildman–Crippen LogP) is 2.55. The van der Waals surface area contributed by atoms with E-state index in [1.807, 2.05) is 24.3 Å².